The highest BCUT2D eigenvalue weighted by molar-refractivity contribution is 9.10. The third-order valence-electron chi connectivity index (χ3n) is 3.34. The average molecular weight is 324 g/mol. The van der Waals surface area contributed by atoms with Crippen molar-refractivity contribution in [2.45, 2.75) is 45.6 Å². The number of unbranched alkanes of at least 4 members (excludes halogenated alkanes) is 1. The zero-order valence-corrected chi connectivity index (χ0v) is 12.9. The summed E-state index contributed by atoms with van der Waals surface area (Å²) in [6.07, 6.45) is 3.87. The van der Waals surface area contributed by atoms with Crippen molar-refractivity contribution in [2.24, 2.45) is 4.99 Å². The first-order chi connectivity index (χ1) is 9.06. The Bertz CT molecular complexity index is 511. The maximum Gasteiger partial charge on any atom is 0.337 e. The molecule has 0 bridgehead atoms. The Balaban J connectivity index is 1.78. The summed E-state index contributed by atoms with van der Waals surface area (Å²) in [5.41, 5.74) is 2.68. The van der Waals surface area contributed by atoms with Crippen LogP contribution in [0.1, 0.15) is 37.3 Å². The van der Waals surface area contributed by atoms with E-state index in [9.17, 15) is 4.79 Å². The number of rotatable bonds is 5. The van der Waals surface area contributed by atoms with Crippen molar-refractivity contribution in [3.63, 3.8) is 0 Å². The Morgan fingerprint density at radius 3 is 2.79 bits per heavy atom. The van der Waals surface area contributed by atoms with Gasteiger partial charge in [-0.3, -0.25) is 0 Å². The molecule has 1 aliphatic rings. The molecule has 1 atom stereocenters. The smallest absolute Gasteiger partial charge is 0.337 e. The van der Waals surface area contributed by atoms with Crippen molar-refractivity contribution in [3.05, 3.63) is 33.8 Å². The molecule has 0 N–H and O–H groups in total. The number of halogens is 1. The number of hydrogen-bond acceptors (Lipinski definition) is 3. The number of aliphatic imine (C=N–C) groups is 1. The van der Waals surface area contributed by atoms with Crippen LogP contribution in [0.25, 0.3) is 0 Å². The molecule has 3 nitrogen and oxygen atoms in total. The molecule has 1 aliphatic heterocycles. The van der Waals surface area contributed by atoms with Crippen molar-refractivity contribution in [2.75, 3.05) is 0 Å². The number of carbonyl (C=O) groups excluding carboxylic acids is 1. The molecule has 0 spiro atoms. The van der Waals surface area contributed by atoms with Gasteiger partial charge >= 0.3 is 5.97 Å². The SMILES string of the molecule is CC1=NC(CCCCc2cc(Br)ccc2C)C(=O)O1. The van der Waals surface area contributed by atoms with Crippen LogP contribution < -0.4 is 0 Å². The van der Waals surface area contributed by atoms with Gasteiger partial charge in [-0.2, -0.15) is 0 Å². The highest BCUT2D eigenvalue weighted by Gasteiger charge is 2.25. The monoisotopic (exact) mass is 323 g/mol. The lowest BCUT2D eigenvalue weighted by molar-refractivity contribution is -0.135. The van der Waals surface area contributed by atoms with E-state index in [4.69, 9.17) is 4.74 Å². The van der Waals surface area contributed by atoms with Crippen molar-refractivity contribution in [1.29, 1.82) is 0 Å². The molecule has 1 heterocycles. The molecule has 0 aromatic heterocycles. The first-order valence-electron chi connectivity index (χ1n) is 6.57. The maximum absolute atomic E-state index is 11.4. The van der Waals surface area contributed by atoms with Crippen LogP contribution in [-0.2, 0) is 16.0 Å². The summed E-state index contributed by atoms with van der Waals surface area (Å²) >= 11 is 3.49. The molecule has 0 radical (unpaired) electrons. The van der Waals surface area contributed by atoms with Gasteiger partial charge in [0.2, 0.25) is 0 Å². The molecule has 1 aromatic carbocycles. The average Bonchev–Trinajstić information content (AvgIpc) is 2.67. The van der Waals surface area contributed by atoms with Gasteiger partial charge in [0.05, 0.1) is 0 Å². The van der Waals surface area contributed by atoms with Crippen LogP contribution in [0, 0.1) is 6.92 Å². The Morgan fingerprint density at radius 1 is 1.32 bits per heavy atom. The normalized spacial score (nSPS) is 18.4. The van der Waals surface area contributed by atoms with Gasteiger partial charge < -0.3 is 4.74 Å². The van der Waals surface area contributed by atoms with Crippen LogP contribution in [0.3, 0.4) is 0 Å². The van der Waals surface area contributed by atoms with Gasteiger partial charge in [-0.05, 0) is 49.4 Å². The summed E-state index contributed by atoms with van der Waals surface area (Å²) in [6, 6.07) is 6.08. The van der Waals surface area contributed by atoms with Crippen molar-refractivity contribution in [1.82, 2.24) is 0 Å². The molecular weight excluding hydrogens is 306 g/mol. The van der Waals surface area contributed by atoms with E-state index >= 15 is 0 Å². The zero-order valence-electron chi connectivity index (χ0n) is 11.3. The predicted molar refractivity (Wildman–Crippen MR) is 79.4 cm³/mol. The summed E-state index contributed by atoms with van der Waals surface area (Å²) < 4.78 is 6.05. The lowest BCUT2D eigenvalue weighted by Gasteiger charge is -2.07. The number of nitrogens with zero attached hydrogens (tertiary/aromatic N) is 1. The summed E-state index contributed by atoms with van der Waals surface area (Å²) in [4.78, 5) is 15.6. The Morgan fingerprint density at radius 2 is 2.11 bits per heavy atom. The van der Waals surface area contributed by atoms with Gasteiger partial charge in [0.1, 0.15) is 0 Å². The first-order valence-corrected chi connectivity index (χ1v) is 7.36. The molecule has 1 unspecified atom stereocenters. The first kappa shape index (κ1) is 14.3. The number of ether oxygens (including phenoxy) is 1. The number of esters is 1. The quantitative estimate of drug-likeness (QED) is 0.610. The minimum absolute atomic E-state index is 0.198. The standard InChI is InChI=1S/C15H18BrNO2/c1-10-7-8-13(16)9-12(10)5-3-4-6-14-15(18)19-11(2)17-14/h7-9,14H,3-6H2,1-2H3. The number of cyclic esters (lactones) is 1. The van der Waals surface area contributed by atoms with Crippen LogP contribution in [0.5, 0.6) is 0 Å². The molecule has 102 valence electrons. The van der Waals surface area contributed by atoms with Gasteiger partial charge in [0.25, 0.3) is 0 Å². The number of hydrogen-bond donors (Lipinski definition) is 0. The minimum Gasteiger partial charge on any atom is -0.411 e. The maximum atomic E-state index is 11.4. The molecule has 0 saturated carbocycles. The zero-order chi connectivity index (χ0) is 13.8. The predicted octanol–water partition coefficient (Wildman–Crippen LogP) is 3.81. The molecule has 0 saturated heterocycles. The van der Waals surface area contributed by atoms with E-state index in [0.29, 0.717) is 5.90 Å². The van der Waals surface area contributed by atoms with E-state index in [1.165, 1.54) is 11.1 Å². The van der Waals surface area contributed by atoms with E-state index in [1.54, 1.807) is 6.92 Å². The van der Waals surface area contributed by atoms with E-state index in [1.807, 2.05) is 0 Å². The van der Waals surface area contributed by atoms with Crippen molar-refractivity contribution >= 4 is 27.8 Å². The van der Waals surface area contributed by atoms with Gasteiger partial charge in [-0.25, -0.2) is 9.79 Å². The largest absolute Gasteiger partial charge is 0.411 e. The Labute approximate surface area is 122 Å². The molecule has 0 fully saturated rings. The summed E-state index contributed by atoms with van der Waals surface area (Å²) in [7, 11) is 0. The molecule has 2 rings (SSSR count). The van der Waals surface area contributed by atoms with Crippen LogP contribution in [-0.4, -0.2) is 17.9 Å². The number of benzene rings is 1. The summed E-state index contributed by atoms with van der Waals surface area (Å²) in [5, 5.41) is 0. The fourth-order valence-electron chi connectivity index (χ4n) is 2.26. The minimum atomic E-state index is -0.274. The van der Waals surface area contributed by atoms with E-state index in [0.717, 1.165) is 30.2 Å². The van der Waals surface area contributed by atoms with E-state index in [2.05, 4.69) is 46.0 Å². The fraction of sp³-hybridized carbons (Fsp3) is 0.467. The van der Waals surface area contributed by atoms with E-state index < -0.39 is 0 Å². The highest BCUT2D eigenvalue weighted by atomic mass is 79.9. The van der Waals surface area contributed by atoms with Gasteiger partial charge in [0, 0.05) is 11.4 Å². The van der Waals surface area contributed by atoms with Crippen LogP contribution >= 0.6 is 15.9 Å². The second-order valence-electron chi connectivity index (χ2n) is 4.90. The molecule has 4 heteroatoms. The summed E-state index contributed by atoms with van der Waals surface area (Å²) in [5.74, 6) is 0.300. The van der Waals surface area contributed by atoms with Gasteiger partial charge in [-0.15, -0.1) is 0 Å². The van der Waals surface area contributed by atoms with Crippen LogP contribution in [0.2, 0.25) is 0 Å². The lowest BCUT2D eigenvalue weighted by Crippen LogP contribution is -2.14. The summed E-state index contributed by atoms with van der Waals surface area (Å²) in [6.45, 7) is 3.85. The molecule has 1 aromatic rings. The number of carbonyl (C=O) groups is 1. The molecule has 0 aliphatic carbocycles. The van der Waals surface area contributed by atoms with E-state index in [-0.39, 0.29) is 12.0 Å². The van der Waals surface area contributed by atoms with Crippen molar-refractivity contribution < 1.29 is 9.53 Å². The lowest BCUT2D eigenvalue weighted by atomic mass is 10.0. The molecule has 19 heavy (non-hydrogen) atoms. The highest BCUT2D eigenvalue weighted by Crippen LogP contribution is 2.19. The van der Waals surface area contributed by atoms with Crippen molar-refractivity contribution in [3.8, 4) is 0 Å². The van der Waals surface area contributed by atoms with Crippen LogP contribution in [0.15, 0.2) is 27.7 Å². The third kappa shape index (κ3) is 3.90. The second kappa shape index (κ2) is 6.33. The fourth-order valence-corrected chi connectivity index (χ4v) is 2.67. The molecular formula is C15H18BrNO2. The number of aryl methyl sites for hydroxylation is 2. The van der Waals surface area contributed by atoms with Gasteiger partial charge in [0.15, 0.2) is 11.9 Å². The Hall–Kier alpha value is -1.16. The Kier molecular flexibility index (Phi) is 4.75. The topological polar surface area (TPSA) is 38.7 Å². The van der Waals surface area contributed by atoms with Crippen LogP contribution in [0.4, 0.5) is 0 Å². The second-order valence-corrected chi connectivity index (χ2v) is 5.82. The third-order valence-corrected chi connectivity index (χ3v) is 3.84. The van der Waals surface area contributed by atoms with Gasteiger partial charge in [-0.1, -0.05) is 28.4 Å². The molecule has 0 amide bonds.